The summed E-state index contributed by atoms with van der Waals surface area (Å²) < 4.78 is 1.88. The van der Waals surface area contributed by atoms with Gasteiger partial charge in [0.1, 0.15) is 6.29 Å². The van der Waals surface area contributed by atoms with E-state index < -0.39 is 0 Å². The predicted octanol–water partition coefficient (Wildman–Crippen LogP) is 2.26. The summed E-state index contributed by atoms with van der Waals surface area (Å²) in [5.74, 6) is 0. The fraction of sp³-hybridized carbons (Fsp3) is 0.154. The molecule has 2 heterocycles. The quantitative estimate of drug-likeness (QED) is 0.581. The number of pyridine rings is 1. The van der Waals surface area contributed by atoms with Gasteiger partial charge in [-0.2, -0.15) is 0 Å². The minimum Gasteiger partial charge on any atom is -0.330 e. The SMILES string of the molecule is C=C[C@H](CC=O)n1cnc(-c2cccnc2)c1. The summed E-state index contributed by atoms with van der Waals surface area (Å²) in [6.45, 7) is 3.72. The molecule has 2 aromatic rings. The molecule has 4 heteroatoms. The minimum atomic E-state index is -0.0366. The van der Waals surface area contributed by atoms with Crippen molar-refractivity contribution < 1.29 is 4.79 Å². The molecule has 0 unspecified atom stereocenters. The third-order valence-corrected chi connectivity index (χ3v) is 2.55. The van der Waals surface area contributed by atoms with Gasteiger partial charge in [0.2, 0.25) is 0 Å². The molecule has 0 N–H and O–H groups in total. The monoisotopic (exact) mass is 227 g/mol. The second kappa shape index (κ2) is 5.21. The summed E-state index contributed by atoms with van der Waals surface area (Å²) >= 11 is 0. The molecule has 2 aromatic heterocycles. The molecule has 0 aromatic carbocycles. The summed E-state index contributed by atoms with van der Waals surface area (Å²) in [6.07, 6.45) is 10.1. The van der Waals surface area contributed by atoms with Crippen LogP contribution in [0.4, 0.5) is 0 Å². The Bertz CT molecular complexity index is 504. The molecule has 0 fully saturated rings. The van der Waals surface area contributed by atoms with Crippen molar-refractivity contribution in [3.05, 3.63) is 49.7 Å². The molecule has 86 valence electrons. The van der Waals surface area contributed by atoms with Crippen molar-refractivity contribution in [1.82, 2.24) is 14.5 Å². The topological polar surface area (TPSA) is 47.8 Å². The van der Waals surface area contributed by atoms with E-state index in [1.165, 1.54) is 0 Å². The van der Waals surface area contributed by atoms with Crippen molar-refractivity contribution in [2.75, 3.05) is 0 Å². The molecule has 0 spiro atoms. The van der Waals surface area contributed by atoms with E-state index in [0.29, 0.717) is 6.42 Å². The molecule has 0 saturated heterocycles. The summed E-state index contributed by atoms with van der Waals surface area (Å²) in [4.78, 5) is 18.9. The van der Waals surface area contributed by atoms with E-state index in [-0.39, 0.29) is 6.04 Å². The van der Waals surface area contributed by atoms with E-state index in [9.17, 15) is 4.79 Å². The fourth-order valence-electron chi connectivity index (χ4n) is 1.62. The van der Waals surface area contributed by atoms with Crippen LogP contribution in [0.3, 0.4) is 0 Å². The highest BCUT2D eigenvalue weighted by Crippen LogP contribution is 2.19. The van der Waals surface area contributed by atoms with E-state index in [1.54, 1.807) is 24.8 Å². The molecule has 0 bridgehead atoms. The van der Waals surface area contributed by atoms with Gasteiger partial charge in [-0.25, -0.2) is 4.98 Å². The van der Waals surface area contributed by atoms with Gasteiger partial charge in [-0.3, -0.25) is 4.98 Å². The van der Waals surface area contributed by atoms with Crippen LogP contribution >= 0.6 is 0 Å². The molecule has 0 aliphatic carbocycles. The van der Waals surface area contributed by atoms with Gasteiger partial charge in [-0.05, 0) is 12.1 Å². The van der Waals surface area contributed by atoms with Crippen LogP contribution in [0.15, 0.2) is 49.7 Å². The number of carbonyl (C=O) groups excluding carboxylic acids is 1. The van der Waals surface area contributed by atoms with Crippen LogP contribution in [-0.2, 0) is 4.79 Å². The number of aldehydes is 1. The Kier molecular flexibility index (Phi) is 3.45. The van der Waals surface area contributed by atoms with Gasteiger partial charge in [0, 0.05) is 30.6 Å². The summed E-state index contributed by atoms with van der Waals surface area (Å²) in [5, 5.41) is 0. The lowest BCUT2D eigenvalue weighted by Crippen LogP contribution is -2.03. The smallest absolute Gasteiger partial charge is 0.122 e. The van der Waals surface area contributed by atoms with Gasteiger partial charge >= 0.3 is 0 Å². The highest BCUT2D eigenvalue weighted by atomic mass is 16.1. The van der Waals surface area contributed by atoms with E-state index >= 15 is 0 Å². The first-order chi connectivity index (χ1) is 8.35. The largest absolute Gasteiger partial charge is 0.330 e. The number of allylic oxidation sites excluding steroid dienone is 1. The standard InChI is InChI=1S/C13H13N3O/c1-2-12(5-7-17)16-9-13(15-10-16)11-4-3-6-14-8-11/h2-4,6-10,12H,1,5H2/t12-/m1/s1. The molecule has 0 radical (unpaired) electrons. The summed E-state index contributed by atoms with van der Waals surface area (Å²) in [6, 6.07) is 3.78. The second-order valence-electron chi connectivity index (χ2n) is 3.65. The van der Waals surface area contributed by atoms with Gasteiger partial charge < -0.3 is 9.36 Å². The van der Waals surface area contributed by atoms with Gasteiger partial charge in [0.05, 0.1) is 18.1 Å². The number of aromatic nitrogens is 3. The molecule has 4 nitrogen and oxygen atoms in total. The van der Waals surface area contributed by atoms with Gasteiger partial charge in [0.15, 0.2) is 0 Å². The van der Waals surface area contributed by atoms with Gasteiger partial charge in [0.25, 0.3) is 0 Å². The van der Waals surface area contributed by atoms with Crippen LogP contribution < -0.4 is 0 Å². The molecular weight excluding hydrogens is 214 g/mol. The number of hydrogen-bond donors (Lipinski definition) is 0. The third-order valence-electron chi connectivity index (χ3n) is 2.55. The Morgan fingerprint density at radius 1 is 1.53 bits per heavy atom. The number of nitrogens with zero attached hydrogens (tertiary/aromatic N) is 3. The Balaban J connectivity index is 2.26. The molecule has 0 saturated carbocycles. The zero-order chi connectivity index (χ0) is 12.1. The van der Waals surface area contributed by atoms with Crippen molar-refractivity contribution in [2.45, 2.75) is 12.5 Å². The van der Waals surface area contributed by atoms with E-state index in [2.05, 4.69) is 16.5 Å². The number of imidazole rings is 1. The van der Waals surface area contributed by atoms with Crippen LogP contribution in [0, 0.1) is 0 Å². The van der Waals surface area contributed by atoms with Crippen LogP contribution in [0.2, 0.25) is 0 Å². The van der Waals surface area contributed by atoms with Crippen LogP contribution in [0.25, 0.3) is 11.3 Å². The fourth-order valence-corrected chi connectivity index (χ4v) is 1.62. The summed E-state index contributed by atoms with van der Waals surface area (Å²) in [5.41, 5.74) is 1.80. The van der Waals surface area contributed by atoms with Crippen molar-refractivity contribution in [3.8, 4) is 11.3 Å². The Morgan fingerprint density at radius 3 is 3.06 bits per heavy atom. The molecule has 0 aliphatic rings. The van der Waals surface area contributed by atoms with Gasteiger partial charge in [-0.15, -0.1) is 6.58 Å². The first-order valence-electron chi connectivity index (χ1n) is 5.35. The number of rotatable bonds is 5. The first kappa shape index (κ1) is 11.3. The normalized spacial score (nSPS) is 12.0. The van der Waals surface area contributed by atoms with Crippen molar-refractivity contribution in [3.63, 3.8) is 0 Å². The highest BCUT2D eigenvalue weighted by molar-refractivity contribution is 5.56. The lowest BCUT2D eigenvalue weighted by molar-refractivity contribution is -0.108. The lowest BCUT2D eigenvalue weighted by Gasteiger charge is -2.09. The third kappa shape index (κ3) is 2.47. The van der Waals surface area contributed by atoms with E-state index in [4.69, 9.17) is 0 Å². The average molecular weight is 227 g/mol. The average Bonchev–Trinajstić information content (AvgIpc) is 2.86. The Labute approximate surface area is 99.6 Å². The van der Waals surface area contributed by atoms with Crippen LogP contribution in [0.1, 0.15) is 12.5 Å². The van der Waals surface area contributed by atoms with Crippen LogP contribution in [-0.4, -0.2) is 20.8 Å². The first-order valence-corrected chi connectivity index (χ1v) is 5.35. The molecular formula is C13H13N3O. The number of hydrogen-bond acceptors (Lipinski definition) is 3. The molecule has 0 amide bonds. The zero-order valence-electron chi connectivity index (χ0n) is 9.36. The molecule has 0 aliphatic heterocycles. The summed E-state index contributed by atoms with van der Waals surface area (Å²) in [7, 11) is 0. The maximum atomic E-state index is 10.5. The molecule has 1 atom stereocenters. The maximum absolute atomic E-state index is 10.5. The van der Waals surface area contributed by atoms with E-state index in [1.807, 2.05) is 22.9 Å². The molecule has 2 rings (SSSR count). The Morgan fingerprint density at radius 2 is 2.41 bits per heavy atom. The predicted molar refractivity (Wildman–Crippen MR) is 65.4 cm³/mol. The van der Waals surface area contributed by atoms with E-state index in [0.717, 1.165) is 17.5 Å². The Hall–Kier alpha value is -2.23. The van der Waals surface area contributed by atoms with Crippen molar-refractivity contribution >= 4 is 6.29 Å². The maximum Gasteiger partial charge on any atom is 0.122 e. The van der Waals surface area contributed by atoms with Gasteiger partial charge in [-0.1, -0.05) is 6.08 Å². The molecule has 17 heavy (non-hydrogen) atoms. The van der Waals surface area contributed by atoms with Crippen molar-refractivity contribution in [2.24, 2.45) is 0 Å². The number of carbonyl (C=O) groups is 1. The minimum absolute atomic E-state index is 0.0366. The highest BCUT2D eigenvalue weighted by Gasteiger charge is 2.08. The lowest BCUT2D eigenvalue weighted by atomic mass is 10.2. The van der Waals surface area contributed by atoms with Crippen molar-refractivity contribution in [1.29, 1.82) is 0 Å². The second-order valence-corrected chi connectivity index (χ2v) is 3.65. The van der Waals surface area contributed by atoms with Crippen LogP contribution in [0.5, 0.6) is 0 Å². The zero-order valence-corrected chi connectivity index (χ0v) is 9.36.